The summed E-state index contributed by atoms with van der Waals surface area (Å²) in [6.07, 6.45) is 1.36. The van der Waals surface area contributed by atoms with Gasteiger partial charge >= 0.3 is 0 Å². The van der Waals surface area contributed by atoms with Gasteiger partial charge in [0.1, 0.15) is 4.21 Å². The Morgan fingerprint density at radius 2 is 1.91 bits per heavy atom. The highest BCUT2D eigenvalue weighted by atomic mass is 32.2. The number of aromatic nitrogens is 2. The van der Waals surface area contributed by atoms with Crippen LogP contribution in [0.25, 0.3) is 0 Å². The molecule has 2 aromatic heterocycles. The van der Waals surface area contributed by atoms with Gasteiger partial charge in [-0.15, -0.1) is 11.3 Å². The molecule has 1 atom stereocenters. The second kappa shape index (κ2) is 9.79. The van der Waals surface area contributed by atoms with Crippen LogP contribution in [0.4, 0.5) is 0 Å². The molecule has 3 heterocycles. The van der Waals surface area contributed by atoms with Crippen LogP contribution in [-0.4, -0.2) is 41.5 Å². The Hall–Kier alpha value is -2.49. The third kappa shape index (κ3) is 5.20. The predicted octanol–water partition coefficient (Wildman–Crippen LogP) is 3.64. The number of thiophene rings is 1. The fourth-order valence-corrected chi connectivity index (χ4v) is 7.23. The van der Waals surface area contributed by atoms with E-state index in [0.717, 1.165) is 21.8 Å². The molecular weight excluding hydrogens is 456 g/mol. The average Bonchev–Trinajstić information content (AvgIpc) is 3.36. The number of rotatable bonds is 7. The molecule has 7 nitrogen and oxygen atoms in total. The van der Waals surface area contributed by atoms with Crippen molar-refractivity contribution in [2.24, 2.45) is 5.92 Å². The lowest BCUT2D eigenvalue weighted by Crippen LogP contribution is -2.45. The van der Waals surface area contributed by atoms with Gasteiger partial charge in [0, 0.05) is 35.8 Å². The van der Waals surface area contributed by atoms with Crippen molar-refractivity contribution in [3.05, 3.63) is 69.9 Å². The van der Waals surface area contributed by atoms with Gasteiger partial charge in [-0.1, -0.05) is 30.3 Å². The molecular formula is C24H30N4O3S2. The van der Waals surface area contributed by atoms with Gasteiger partial charge in [0.25, 0.3) is 10.0 Å². The first-order valence-corrected chi connectivity index (χ1v) is 13.4. The van der Waals surface area contributed by atoms with Gasteiger partial charge < -0.3 is 5.32 Å². The van der Waals surface area contributed by atoms with Crippen molar-refractivity contribution in [1.29, 1.82) is 0 Å². The summed E-state index contributed by atoms with van der Waals surface area (Å²) in [6, 6.07) is 13.6. The van der Waals surface area contributed by atoms with E-state index in [1.54, 1.807) is 6.07 Å². The summed E-state index contributed by atoms with van der Waals surface area (Å²) in [5, 5.41) is 7.69. The largest absolute Gasteiger partial charge is 0.352 e. The van der Waals surface area contributed by atoms with Crippen molar-refractivity contribution in [3.8, 4) is 0 Å². The van der Waals surface area contributed by atoms with E-state index in [4.69, 9.17) is 0 Å². The molecule has 33 heavy (non-hydrogen) atoms. The van der Waals surface area contributed by atoms with Crippen LogP contribution in [-0.2, 0) is 27.9 Å². The molecule has 0 saturated carbocycles. The summed E-state index contributed by atoms with van der Waals surface area (Å²) in [5.74, 6) is -0.457. The molecule has 1 aromatic carbocycles. The number of aryl methyl sites for hydroxylation is 2. The maximum absolute atomic E-state index is 13.0. The highest BCUT2D eigenvalue weighted by Gasteiger charge is 2.34. The van der Waals surface area contributed by atoms with Crippen LogP contribution in [0, 0.1) is 26.7 Å². The van der Waals surface area contributed by atoms with Crippen molar-refractivity contribution in [1.82, 2.24) is 19.4 Å². The van der Waals surface area contributed by atoms with E-state index >= 15 is 0 Å². The topological polar surface area (TPSA) is 84.3 Å². The molecule has 1 saturated heterocycles. The van der Waals surface area contributed by atoms with Gasteiger partial charge in [-0.05, 0) is 51.3 Å². The van der Waals surface area contributed by atoms with Crippen molar-refractivity contribution in [2.75, 3.05) is 13.1 Å². The van der Waals surface area contributed by atoms with E-state index in [-0.39, 0.29) is 18.4 Å². The van der Waals surface area contributed by atoms with Crippen molar-refractivity contribution < 1.29 is 13.2 Å². The summed E-state index contributed by atoms with van der Waals surface area (Å²) in [4.78, 5) is 13.9. The molecule has 1 unspecified atom stereocenters. The number of sulfonamides is 1. The first-order chi connectivity index (χ1) is 15.8. The van der Waals surface area contributed by atoms with Crippen LogP contribution < -0.4 is 5.32 Å². The summed E-state index contributed by atoms with van der Waals surface area (Å²) >= 11 is 1.27. The lowest BCUT2D eigenvalue weighted by atomic mass is 9.98. The molecule has 1 aliphatic rings. The summed E-state index contributed by atoms with van der Waals surface area (Å²) in [6.45, 7) is 7.60. The van der Waals surface area contributed by atoms with Gasteiger partial charge in [0.15, 0.2) is 0 Å². The molecule has 0 radical (unpaired) electrons. The zero-order valence-corrected chi connectivity index (χ0v) is 20.9. The Morgan fingerprint density at radius 3 is 2.61 bits per heavy atom. The van der Waals surface area contributed by atoms with Gasteiger partial charge in [-0.2, -0.15) is 9.40 Å². The number of nitrogens with one attached hydrogen (secondary N) is 1. The van der Waals surface area contributed by atoms with Crippen molar-refractivity contribution in [2.45, 2.75) is 50.9 Å². The minimum atomic E-state index is -3.56. The van der Waals surface area contributed by atoms with Gasteiger partial charge in [-0.3, -0.25) is 9.48 Å². The smallest absolute Gasteiger partial charge is 0.252 e. The van der Waals surface area contributed by atoms with E-state index in [2.05, 4.69) is 22.5 Å². The number of benzene rings is 1. The Morgan fingerprint density at radius 1 is 1.15 bits per heavy atom. The molecule has 1 amide bonds. The number of hydrogen-bond donors (Lipinski definition) is 1. The molecule has 176 valence electrons. The molecule has 9 heteroatoms. The highest BCUT2D eigenvalue weighted by molar-refractivity contribution is 7.91. The van der Waals surface area contributed by atoms with E-state index in [1.807, 2.05) is 49.7 Å². The third-order valence-corrected chi connectivity index (χ3v) is 9.54. The zero-order chi connectivity index (χ0) is 23.6. The average molecular weight is 487 g/mol. The molecule has 4 rings (SSSR count). The number of nitrogens with zero attached hydrogens (tertiary/aromatic N) is 3. The summed E-state index contributed by atoms with van der Waals surface area (Å²) in [5.41, 5.74) is 4.10. The van der Waals surface area contributed by atoms with E-state index in [1.165, 1.54) is 21.2 Å². The van der Waals surface area contributed by atoms with Crippen molar-refractivity contribution in [3.63, 3.8) is 0 Å². The maximum atomic E-state index is 13.0. The number of carbonyl (C=O) groups excluding carboxylic acids is 1. The van der Waals surface area contributed by atoms with Crippen LogP contribution in [0.2, 0.25) is 0 Å². The van der Waals surface area contributed by atoms with Gasteiger partial charge in [-0.25, -0.2) is 8.42 Å². The van der Waals surface area contributed by atoms with Crippen LogP contribution in [0.15, 0.2) is 46.7 Å². The molecule has 1 fully saturated rings. The van der Waals surface area contributed by atoms with Crippen molar-refractivity contribution >= 4 is 27.3 Å². The van der Waals surface area contributed by atoms with Crippen LogP contribution in [0.1, 0.15) is 40.2 Å². The highest BCUT2D eigenvalue weighted by Crippen LogP contribution is 2.28. The second-order valence-electron chi connectivity index (χ2n) is 8.58. The lowest BCUT2D eigenvalue weighted by molar-refractivity contribution is -0.126. The Kier molecular flexibility index (Phi) is 7.02. The molecule has 0 bridgehead atoms. The number of hydrogen-bond acceptors (Lipinski definition) is 5. The first kappa shape index (κ1) is 23.7. The second-order valence-corrected chi connectivity index (χ2v) is 12.0. The number of carbonyl (C=O) groups is 1. The fraction of sp³-hybridized carbons (Fsp3) is 0.417. The minimum absolute atomic E-state index is 0.105. The summed E-state index contributed by atoms with van der Waals surface area (Å²) in [7, 11) is -3.56. The maximum Gasteiger partial charge on any atom is 0.252 e. The number of amides is 1. The van der Waals surface area contributed by atoms with Gasteiger partial charge in [0.05, 0.1) is 18.2 Å². The predicted molar refractivity (Wildman–Crippen MR) is 130 cm³/mol. The Labute approximate surface area is 199 Å². The zero-order valence-electron chi connectivity index (χ0n) is 19.2. The van der Waals surface area contributed by atoms with E-state index in [0.29, 0.717) is 36.7 Å². The first-order valence-electron chi connectivity index (χ1n) is 11.2. The SMILES string of the molecule is Cc1ccc(S(=O)(=O)N2CCCC(C(=O)NCc3c(C)nn(Cc4ccccc4)c3C)C2)s1. The third-order valence-electron chi connectivity index (χ3n) is 6.21. The standard InChI is InChI=1S/C24H30N4O3S2/c1-17-11-12-23(32-17)33(30,31)27-13-7-10-21(16-27)24(29)25-14-22-18(2)26-28(19(22)3)15-20-8-5-4-6-9-20/h4-6,8-9,11-12,21H,7,10,13-16H2,1-3H3,(H,25,29). The quantitative estimate of drug-likeness (QED) is 0.553. The van der Waals surface area contributed by atoms with Crippen LogP contribution >= 0.6 is 11.3 Å². The Bertz CT molecular complexity index is 1230. The monoisotopic (exact) mass is 486 g/mol. The molecule has 3 aromatic rings. The molecule has 0 spiro atoms. The molecule has 0 aliphatic carbocycles. The van der Waals surface area contributed by atoms with Crippen LogP contribution in [0.5, 0.6) is 0 Å². The minimum Gasteiger partial charge on any atom is -0.352 e. The number of piperidine rings is 1. The van der Waals surface area contributed by atoms with E-state index < -0.39 is 10.0 Å². The lowest BCUT2D eigenvalue weighted by Gasteiger charge is -2.30. The van der Waals surface area contributed by atoms with E-state index in [9.17, 15) is 13.2 Å². The van der Waals surface area contributed by atoms with Gasteiger partial charge in [0.2, 0.25) is 5.91 Å². The molecule has 1 aliphatic heterocycles. The summed E-state index contributed by atoms with van der Waals surface area (Å²) < 4.78 is 29.7. The fourth-order valence-electron chi connectivity index (χ4n) is 4.27. The molecule has 1 N–H and O–H groups in total. The van der Waals surface area contributed by atoms with Crippen LogP contribution in [0.3, 0.4) is 0 Å². The Balaban J connectivity index is 1.40. The normalized spacial score (nSPS) is 17.2.